The topological polar surface area (TPSA) is 46.5 Å². The van der Waals surface area contributed by atoms with E-state index in [1.54, 1.807) is 6.92 Å². The van der Waals surface area contributed by atoms with Crippen molar-refractivity contribution in [3.8, 4) is 0 Å². The molecule has 0 bridgehead atoms. The quantitative estimate of drug-likeness (QED) is 0.651. The van der Waals surface area contributed by atoms with E-state index in [9.17, 15) is 23.1 Å². The van der Waals surface area contributed by atoms with Crippen LogP contribution < -0.4 is 0 Å². The number of benzene rings is 1. The van der Waals surface area contributed by atoms with Crippen LogP contribution in [-0.4, -0.2) is 23.8 Å². The van der Waals surface area contributed by atoms with Gasteiger partial charge in [0.1, 0.15) is 5.82 Å². The van der Waals surface area contributed by atoms with Gasteiger partial charge in [0, 0.05) is 12.5 Å². The minimum atomic E-state index is -1.30. The van der Waals surface area contributed by atoms with E-state index < -0.39 is 29.5 Å². The van der Waals surface area contributed by atoms with Crippen LogP contribution in [-0.2, 0) is 16.0 Å². The maximum absolute atomic E-state index is 13.2. The smallest absolute Gasteiger partial charge is 0.308 e. The van der Waals surface area contributed by atoms with Crippen molar-refractivity contribution < 1.29 is 27.8 Å². The van der Waals surface area contributed by atoms with Gasteiger partial charge >= 0.3 is 5.97 Å². The third-order valence-corrected chi connectivity index (χ3v) is 2.25. The Morgan fingerprint density at radius 2 is 1.89 bits per heavy atom. The summed E-state index contributed by atoms with van der Waals surface area (Å²) in [5.74, 6) is -4.09. The van der Waals surface area contributed by atoms with E-state index in [0.29, 0.717) is 12.1 Å². The van der Waals surface area contributed by atoms with Gasteiger partial charge in [0.15, 0.2) is 11.6 Å². The lowest BCUT2D eigenvalue weighted by Crippen LogP contribution is -2.18. The molecule has 0 aliphatic carbocycles. The van der Waals surface area contributed by atoms with E-state index in [1.165, 1.54) is 0 Å². The lowest BCUT2D eigenvalue weighted by molar-refractivity contribution is -0.145. The molecule has 6 heteroatoms. The normalized spacial score (nSPS) is 12.3. The monoisotopic (exact) mass is 262 g/mol. The Morgan fingerprint density at radius 1 is 1.28 bits per heavy atom. The second-order valence-electron chi connectivity index (χ2n) is 3.72. The molecule has 0 saturated carbocycles. The lowest BCUT2D eigenvalue weighted by Gasteiger charge is -2.10. The molecule has 0 amide bonds. The predicted molar refractivity (Wildman–Crippen MR) is 57.3 cm³/mol. The maximum Gasteiger partial charge on any atom is 0.308 e. The second kappa shape index (κ2) is 6.39. The van der Waals surface area contributed by atoms with Gasteiger partial charge in [0.05, 0.1) is 19.1 Å². The molecule has 1 rings (SSSR count). The molecule has 0 fully saturated rings. The molecule has 1 aromatic rings. The Bertz CT molecular complexity index is 435. The van der Waals surface area contributed by atoms with E-state index in [1.807, 2.05) is 0 Å². The van der Waals surface area contributed by atoms with Gasteiger partial charge in [-0.15, -0.1) is 0 Å². The number of carbonyl (C=O) groups is 1. The maximum atomic E-state index is 13.2. The van der Waals surface area contributed by atoms with E-state index in [4.69, 9.17) is 0 Å². The first kappa shape index (κ1) is 14.5. The summed E-state index contributed by atoms with van der Waals surface area (Å²) in [7, 11) is 0. The zero-order chi connectivity index (χ0) is 13.7. The van der Waals surface area contributed by atoms with Crippen molar-refractivity contribution in [3.05, 3.63) is 35.1 Å². The van der Waals surface area contributed by atoms with Crippen molar-refractivity contribution in [2.75, 3.05) is 6.61 Å². The van der Waals surface area contributed by atoms with E-state index in [0.717, 1.165) is 0 Å². The summed E-state index contributed by atoms with van der Waals surface area (Å²) in [6.45, 7) is 1.78. The summed E-state index contributed by atoms with van der Waals surface area (Å²) >= 11 is 0. The number of esters is 1. The molecule has 0 heterocycles. The fraction of sp³-hybridized carbons (Fsp3) is 0.417. The number of rotatable bonds is 5. The molecule has 0 unspecified atom stereocenters. The summed E-state index contributed by atoms with van der Waals surface area (Å²) < 4.78 is 43.4. The van der Waals surface area contributed by atoms with Crippen LogP contribution in [0.25, 0.3) is 0 Å². The third-order valence-electron chi connectivity index (χ3n) is 2.25. The summed E-state index contributed by atoms with van der Waals surface area (Å²) in [6, 6.07) is 1.07. The highest BCUT2D eigenvalue weighted by Crippen LogP contribution is 2.16. The van der Waals surface area contributed by atoms with Crippen LogP contribution in [0.2, 0.25) is 0 Å². The SMILES string of the molecule is CCOC(=O)C[C@H](O)Cc1cc(F)c(F)cc1F. The number of hydrogen-bond acceptors (Lipinski definition) is 3. The lowest BCUT2D eigenvalue weighted by atomic mass is 10.0. The fourth-order valence-electron chi connectivity index (χ4n) is 1.46. The molecule has 18 heavy (non-hydrogen) atoms. The molecule has 0 aromatic heterocycles. The molecule has 100 valence electrons. The van der Waals surface area contributed by atoms with Crippen LogP contribution in [0.1, 0.15) is 18.9 Å². The van der Waals surface area contributed by atoms with Gasteiger partial charge in [-0.1, -0.05) is 0 Å². The van der Waals surface area contributed by atoms with Gasteiger partial charge in [0.2, 0.25) is 0 Å². The van der Waals surface area contributed by atoms with Crippen molar-refractivity contribution in [3.63, 3.8) is 0 Å². The molecule has 0 aliphatic rings. The van der Waals surface area contributed by atoms with Crippen molar-refractivity contribution in [2.45, 2.75) is 25.9 Å². The summed E-state index contributed by atoms with van der Waals surface area (Å²) in [4.78, 5) is 11.0. The fourth-order valence-corrected chi connectivity index (χ4v) is 1.46. The van der Waals surface area contributed by atoms with Crippen LogP contribution in [0, 0.1) is 17.5 Å². The molecule has 0 saturated heterocycles. The Kier molecular flexibility index (Phi) is 5.15. The molecule has 3 nitrogen and oxygen atoms in total. The van der Waals surface area contributed by atoms with Crippen LogP contribution in [0.4, 0.5) is 13.2 Å². The zero-order valence-corrected chi connectivity index (χ0v) is 9.75. The number of halogens is 3. The predicted octanol–water partition coefficient (Wildman–Crippen LogP) is 1.96. The van der Waals surface area contributed by atoms with Gasteiger partial charge < -0.3 is 9.84 Å². The van der Waals surface area contributed by atoms with Crippen molar-refractivity contribution >= 4 is 5.97 Å². The molecule has 1 N–H and O–H groups in total. The van der Waals surface area contributed by atoms with Gasteiger partial charge in [-0.25, -0.2) is 13.2 Å². The van der Waals surface area contributed by atoms with Crippen molar-refractivity contribution in [2.24, 2.45) is 0 Å². The highest BCUT2D eigenvalue weighted by molar-refractivity contribution is 5.69. The van der Waals surface area contributed by atoms with Crippen molar-refractivity contribution in [1.82, 2.24) is 0 Å². The minimum Gasteiger partial charge on any atom is -0.466 e. The highest BCUT2D eigenvalue weighted by Gasteiger charge is 2.16. The Hall–Kier alpha value is -1.56. The number of carbonyl (C=O) groups excluding carboxylic acids is 1. The first-order chi connectivity index (χ1) is 8.43. The highest BCUT2D eigenvalue weighted by atomic mass is 19.2. The Labute approximate surface area is 102 Å². The van der Waals surface area contributed by atoms with Gasteiger partial charge in [-0.2, -0.15) is 0 Å². The Balaban J connectivity index is 2.67. The van der Waals surface area contributed by atoms with Gasteiger partial charge in [-0.3, -0.25) is 4.79 Å². The second-order valence-corrected chi connectivity index (χ2v) is 3.72. The molecular weight excluding hydrogens is 249 g/mol. The average molecular weight is 262 g/mol. The molecule has 0 aliphatic heterocycles. The van der Waals surface area contributed by atoms with Gasteiger partial charge in [-0.05, 0) is 18.6 Å². The van der Waals surface area contributed by atoms with Crippen LogP contribution in [0.15, 0.2) is 12.1 Å². The number of ether oxygens (including phenoxy) is 1. The molecule has 0 radical (unpaired) electrons. The Morgan fingerprint density at radius 3 is 2.50 bits per heavy atom. The summed E-state index contributed by atoms with van der Waals surface area (Å²) in [6.07, 6.45) is -1.82. The first-order valence-corrected chi connectivity index (χ1v) is 5.41. The molecule has 1 atom stereocenters. The standard InChI is InChI=1S/C12H13F3O3/c1-2-18-12(17)5-8(16)3-7-4-10(14)11(15)6-9(7)13/h4,6,8,16H,2-3,5H2,1H3/t8-/m1/s1. The van der Waals surface area contributed by atoms with Crippen LogP contribution in [0.3, 0.4) is 0 Å². The third kappa shape index (κ3) is 4.03. The molecule has 1 aromatic carbocycles. The summed E-state index contributed by atoms with van der Waals surface area (Å²) in [5.41, 5.74) is -0.189. The van der Waals surface area contributed by atoms with Crippen LogP contribution in [0.5, 0.6) is 0 Å². The van der Waals surface area contributed by atoms with E-state index in [-0.39, 0.29) is 25.0 Å². The number of aliphatic hydroxyl groups is 1. The zero-order valence-electron chi connectivity index (χ0n) is 9.75. The number of aliphatic hydroxyl groups excluding tert-OH is 1. The summed E-state index contributed by atoms with van der Waals surface area (Å²) in [5, 5.41) is 9.50. The first-order valence-electron chi connectivity index (χ1n) is 5.41. The number of hydrogen-bond donors (Lipinski definition) is 1. The molecular formula is C12H13F3O3. The minimum absolute atomic E-state index is 0.172. The average Bonchev–Trinajstić information content (AvgIpc) is 2.26. The van der Waals surface area contributed by atoms with Crippen LogP contribution >= 0.6 is 0 Å². The van der Waals surface area contributed by atoms with Gasteiger partial charge in [0.25, 0.3) is 0 Å². The largest absolute Gasteiger partial charge is 0.466 e. The van der Waals surface area contributed by atoms with E-state index in [2.05, 4.69) is 4.74 Å². The van der Waals surface area contributed by atoms with Crippen molar-refractivity contribution in [1.29, 1.82) is 0 Å². The van der Waals surface area contributed by atoms with E-state index >= 15 is 0 Å². The molecule has 0 spiro atoms.